The maximum Gasteiger partial charge on any atom is 0.268 e. The summed E-state index contributed by atoms with van der Waals surface area (Å²) in [5, 5.41) is 21.4. The van der Waals surface area contributed by atoms with Crippen molar-refractivity contribution in [3.05, 3.63) is 63.1 Å². The Morgan fingerprint density at radius 3 is 2.42 bits per heavy atom. The Morgan fingerprint density at radius 1 is 1.11 bits per heavy atom. The number of carbonyl (C=O) groups is 1. The zero-order chi connectivity index (χ0) is 27.7. The summed E-state index contributed by atoms with van der Waals surface area (Å²) in [4.78, 5) is 12.6. The number of amides is 1. The third-order valence-electron chi connectivity index (χ3n) is 5.32. The molecule has 1 amide bonds. The van der Waals surface area contributed by atoms with Gasteiger partial charge in [0.2, 0.25) is 5.13 Å². The number of rotatable bonds is 11. The Bertz CT molecular complexity index is 1320. The van der Waals surface area contributed by atoms with E-state index in [4.69, 9.17) is 25.8 Å². The molecule has 0 spiro atoms. The normalized spacial score (nSPS) is 11.6. The molecule has 38 heavy (non-hydrogen) atoms. The van der Waals surface area contributed by atoms with E-state index in [-0.39, 0.29) is 22.6 Å². The number of nitrogens with one attached hydrogen (secondary N) is 1. The van der Waals surface area contributed by atoms with Crippen LogP contribution in [0.5, 0.6) is 17.2 Å². The molecule has 2 aromatic carbocycles. The van der Waals surface area contributed by atoms with Crippen molar-refractivity contribution in [2.24, 2.45) is 0 Å². The van der Waals surface area contributed by atoms with Crippen LogP contribution in [0.3, 0.4) is 0 Å². The lowest BCUT2D eigenvalue weighted by Gasteiger charge is -2.19. The second-order valence-corrected chi connectivity index (χ2v) is 10.7. The molecule has 0 unspecified atom stereocenters. The van der Waals surface area contributed by atoms with E-state index in [0.717, 1.165) is 10.8 Å². The van der Waals surface area contributed by atoms with E-state index < -0.39 is 5.91 Å². The highest BCUT2D eigenvalue weighted by Gasteiger charge is 2.16. The van der Waals surface area contributed by atoms with Gasteiger partial charge < -0.3 is 14.2 Å². The van der Waals surface area contributed by atoms with Crippen LogP contribution in [0.15, 0.2) is 42.0 Å². The van der Waals surface area contributed by atoms with Gasteiger partial charge in [0.1, 0.15) is 35.6 Å². The fourth-order valence-corrected chi connectivity index (χ4v) is 4.30. The summed E-state index contributed by atoms with van der Waals surface area (Å²) in [6.07, 6.45) is 2.14. The number of carbonyl (C=O) groups excluding carboxylic acids is 1. The highest BCUT2D eigenvalue weighted by atomic mass is 35.5. The number of aromatic nitrogens is 2. The fourth-order valence-electron chi connectivity index (χ4n) is 3.36. The number of hydrogen-bond donors (Lipinski definition) is 1. The molecule has 0 saturated heterocycles. The van der Waals surface area contributed by atoms with Gasteiger partial charge in [-0.2, -0.15) is 5.26 Å². The van der Waals surface area contributed by atoms with E-state index in [1.807, 2.05) is 32.0 Å². The first-order valence-corrected chi connectivity index (χ1v) is 13.4. The van der Waals surface area contributed by atoms with Crippen LogP contribution in [-0.4, -0.2) is 35.9 Å². The second-order valence-electron chi connectivity index (χ2n) is 9.21. The van der Waals surface area contributed by atoms with Gasteiger partial charge in [0.05, 0.1) is 11.6 Å². The number of halogens is 1. The van der Waals surface area contributed by atoms with Crippen LogP contribution >= 0.6 is 22.9 Å². The molecular weight excluding hydrogens is 524 g/mol. The minimum Gasteiger partial charge on any atom is -0.490 e. The van der Waals surface area contributed by atoms with Crippen molar-refractivity contribution in [3.63, 3.8) is 0 Å². The predicted molar refractivity (Wildman–Crippen MR) is 150 cm³/mol. The van der Waals surface area contributed by atoms with Gasteiger partial charge in [-0.1, -0.05) is 62.8 Å². The van der Waals surface area contributed by atoms with Crippen LogP contribution < -0.4 is 19.5 Å². The molecule has 0 radical (unpaired) electrons. The van der Waals surface area contributed by atoms with Gasteiger partial charge in [0.25, 0.3) is 5.91 Å². The molecule has 3 rings (SSSR count). The van der Waals surface area contributed by atoms with Crippen molar-refractivity contribution < 1.29 is 19.0 Å². The molecule has 0 fully saturated rings. The summed E-state index contributed by atoms with van der Waals surface area (Å²) < 4.78 is 17.4. The molecule has 1 N–H and O–H groups in total. The average molecular weight is 555 g/mol. The lowest BCUT2D eigenvalue weighted by Crippen LogP contribution is -2.13. The monoisotopic (exact) mass is 554 g/mol. The van der Waals surface area contributed by atoms with E-state index in [1.165, 1.54) is 23.0 Å². The molecule has 0 atom stereocenters. The Balaban J connectivity index is 1.68. The van der Waals surface area contributed by atoms with Crippen LogP contribution in [0.25, 0.3) is 6.08 Å². The Hall–Kier alpha value is -3.61. The standard InChI is InChI=1S/C28H31ClN4O4S/c1-6-24-32-33-27(38-24)31-26(34)19(17-30)14-18-15-22(29)25(23(16-18)35-7-2)37-13-12-36-21-10-8-20(9-11-21)28(3,4)5/h8-11,14-16H,6-7,12-13H2,1-5H3,(H,31,33,34)/b19-14-. The van der Waals surface area contributed by atoms with Crippen LogP contribution in [0, 0.1) is 11.3 Å². The quantitative estimate of drug-likeness (QED) is 0.165. The first kappa shape index (κ1) is 29.0. The number of ether oxygens (including phenoxy) is 3. The Labute approximate surface area is 232 Å². The van der Waals surface area contributed by atoms with Crippen LogP contribution in [0.2, 0.25) is 5.02 Å². The Kier molecular flexibility index (Phi) is 10.1. The van der Waals surface area contributed by atoms with Gasteiger partial charge in [0.15, 0.2) is 11.5 Å². The number of nitrogens with zero attached hydrogens (tertiary/aromatic N) is 3. The molecular formula is C28H31ClN4O4S. The molecule has 0 aliphatic heterocycles. The number of benzene rings is 2. The third-order valence-corrected chi connectivity index (χ3v) is 6.58. The van der Waals surface area contributed by atoms with Crippen LogP contribution in [0.4, 0.5) is 5.13 Å². The molecule has 0 saturated carbocycles. The van der Waals surface area contributed by atoms with Crippen LogP contribution in [0.1, 0.15) is 50.8 Å². The molecule has 0 aliphatic rings. The zero-order valence-electron chi connectivity index (χ0n) is 22.1. The van der Waals surface area contributed by atoms with E-state index in [9.17, 15) is 10.1 Å². The SMILES string of the molecule is CCOc1cc(/C=C(/C#N)C(=O)Nc2nnc(CC)s2)cc(Cl)c1OCCOc1ccc(C(C)(C)C)cc1. The molecule has 200 valence electrons. The minimum atomic E-state index is -0.589. The van der Waals surface area contributed by atoms with E-state index in [2.05, 4.69) is 48.4 Å². The van der Waals surface area contributed by atoms with Crippen molar-refractivity contribution in [3.8, 4) is 23.3 Å². The minimum absolute atomic E-state index is 0.0741. The van der Waals surface area contributed by atoms with Gasteiger partial charge in [-0.15, -0.1) is 10.2 Å². The smallest absolute Gasteiger partial charge is 0.268 e. The highest BCUT2D eigenvalue weighted by Crippen LogP contribution is 2.37. The molecule has 3 aromatic rings. The van der Waals surface area contributed by atoms with Crippen molar-refractivity contribution in [2.75, 3.05) is 25.1 Å². The van der Waals surface area contributed by atoms with Gasteiger partial charge in [0, 0.05) is 0 Å². The second kappa shape index (κ2) is 13.3. The summed E-state index contributed by atoms with van der Waals surface area (Å²) in [6.45, 7) is 11.2. The van der Waals surface area contributed by atoms with E-state index in [1.54, 1.807) is 12.1 Å². The van der Waals surface area contributed by atoms with Gasteiger partial charge in [-0.3, -0.25) is 10.1 Å². The van der Waals surface area contributed by atoms with Crippen LogP contribution in [-0.2, 0) is 16.6 Å². The predicted octanol–water partition coefficient (Wildman–Crippen LogP) is 6.45. The maximum absolute atomic E-state index is 12.6. The van der Waals surface area contributed by atoms with Gasteiger partial charge in [-0.25, -0.2) is 0 Å². The summed E-state index contributed by atoms with van der Waals surface area (Å²) in [6, 6.07) is 13.2. The van der Waals surface area contributed by atoms with E-state index in [0.29, 0.717) is 41.8 Å². The topological polar surface area (TPSA) is 106 Å². The lowest BCUT2D eigenvalue weighted by atomic mass is 9.87. The first-order valence-electron chi connectivity index (χ1n) is 12.2. The lowest BCUT2D eigenvalue weighted by molar-refractivity contribution is -0.112. The molecule has 1 heterocycles. The van der Waals surface area contributed by atoms with Gasteiger partial charge in [-0.05, 0) is 60.2 Å². The number of nitriles is 1. The molecule has 0 aliphatic carbocycles. The van der Waals surface area contributed by atoms with E-state index >= 15 is 0 Å². The summed E-state index contributed by atoms with van der Waals surface area (Å²) in [7, 11) is 0. The number of aryl methyl sites for hydroxylation is 1. The summed E-state index contributed by atoms with van der Waals surface area (Å²) in [5.41, 5.74) is 1.70. The summed E-state index contributed by atoms with van der Waals surface area (Å²) >= 11 is 7.77. The summed E-state index contributed by atoms with van der Waals surface area (Å²) in [5.74, 6) is 0.921. The third kappa shape index (κ3) is 7.94. The van der Waals surface area contributed by atoms with Crippen molar-refractivity contribution in [1.29, 1.82) is 5.26 Å². The van der Waals surface area contributed by atoms with Gasteiger partial charge >= 0.3 is 0 Å². The fraction of sp³-hybridized carbons (Fsp3) is 0.357. The van der Waals surface area contributed by atoms with Crippen molar-refractivity contribution >= 4 is 40.1 Å². The number of anilines is 1. The van der Waals surface area contributed by atoms with Crippen molar-refractivity contribution in [1.82, 2.24) is 10.2 Å². The first-order chi connectivity index (χ1) is 18.1. The molecule has 8 nitrogen and oxygen atoms in total. The molecule has 10 heteroatoms. The molecule has 0 bridgehead atoms. The molecule has 1 aromatic heterocycles. The average Bonchev–Trinajstić information content (AvgIpc) is 3.33. The largest absolute Gasteiger partial charge is 0.490 e. The Morgan fingerprint density at radius 2 is 1.82 bits per heavy atom. The number of hydrogen-bond acceptors (Lipinski definition) is 8. The zero-order valence-corrected chi connectivity index (χ0v) is 23.7. The maximum atomic E-state index is 12.6. The van der Waals surface area contributed by atoms with Crippen molar-refractivity contribution in [2.45, 2.75) is 46.5 Å². The highest BCUT2D eigenvalue weighted by molar-refractivity contribution is 7.15.